The van der Waals surface area contributed by atoms with Gasteiger partial charge in [0.25, 0.3) is 23.6 Å². The van der Waals surface area contributed by atoms with Gasteiger partial charge in [-0.1, -0.05) is 24.3 Å². The molecule has 2 aliphatic rings. The number of Topliss-reactive ketones (excluding diaryl/α,β-unsaturated/α-hetero) is 2. The molecule has 0 aliphatic carbocycles. The van der Waals surface area contributed by atoms with E-state index >= 15 is 0 Å². The number of rotatable bonds is 10. The highest BCUT2D eigenvalue weighted by molar-refractivity contribution is 6.43. The van der Waals surface area contributed by atoms with Crippen LogP contribution in [0.25, 0.3) is 21.8 Å². The highest BCUT2D eigenvalue weighted by Crippen LogP contribution is 2.30. The number of aromatic nitrogens is 2. The summed E-state index contributed by atoms with van der Waals surface area (Å²) in [6, 6.07) is 23.1. The van der Waals surface area contributed by atoms with Crippen LogP contribution in [-0.2, 0) is 22.7 Å². The second kappa shape index (κ2) is 20.9. The third-order valence-corrected chi connectivity index (χ3v) is 13.5. The Morgan fingerprint density at radius 3 is 1.19 bits per heavy atom. The van der Waals surface area contributed by atoms with Gasteiger partial charge in [-0.15, -0.1) is 0 Å². The van der Waals surface area contributed by atoms with E-state index in [1.54, 1.807) is 60.7 Å². The first-order chi connectivity index (χ1) is 33.1. The van der Waals surface area contributed by atoms with Gasteiger partial charge >= 0.3 is 0 Å². The summed E-state index contributed by atoms with van der Waals surface area (Å²) in [6.07, 6.45) is 0. The molecule has 16 heteroatoms. The van der Waals surface area contributed by atoms with Gasteiger partial charge < -0.3 is 29.6 Å². The first-order valence-corrected chi connectivity index (χ1v) is 23.5. The van der Waals surface area contributed by atoms with Crippen LogP contribution in [0, 0.1) is 25.5 Å². The molecule has 4 aromatic carbocycles. The zero-order valence-corrected chi connectivity index (χ0v) is 41.5. The van der Waals surface area contributed by atoms with Crippen LogP contribution in [0.4, 0.5) is 8.78 Å². The quantitative estimate of drug-likeness (QED) is 0.108. The molecule has 6 aromatic rings. The lowest BCUT2D eigenvalue weighted by molar-refractivity contribution is -0.124. The molecule has 70 heavy (non-hydrogen) atoms. The molecule has 0 spiro atoms. The molecule has 8 rings (SSSR count). The maximum absolute atomic E-state index is 13.8. The average Bonchev–Trinajstić information content (AvgIpc) is 3.84. The Labute approximate surface area is 407 Å². The van der Waals surface area contributed by atoms with Crippen molar-refractivity contribution in [2.75, 3.05) is 54.4 Å². The number of hydrogen-bond donors (Lipinski definition) is 2. The fourth-order valence-corrected chi connectivity index (χ4v) is 9.48. The van der Waals surface area contributed by atoms with Crippen molar-refractivity contribution < 1.29 is 37.5 Å². The van der Waals surface area contributed by atoms with E-state index in [1.165, 1.54) is 62.3 Å². The molecule has 4 heterocycles. The van der Waals surface area contributed by atoms with Crippen LogP contribution >= 0.6 is 0 Å². The van der Waals surface area contributed by atoms with E-state index in [4.69, 9.17) is 0 Å². The first-order valence-electron chi connectivity index (χ1n) is 23.5. The summed E-state index contributed by atoms with van der Waals surface area (Å²) >= 11 is 0. The number of nitrogens with zero attached hydrogens (tertiary/aromatic N) is 6. The molecular weight excluding hydrogens is 895 g/mol. The van der Waals surface area contributed by atoms with Crippen LogP contribution in [-0.4, -0.2) is 153 Å². The Balaban J connectivity index is 0.000000206. The minimum absolute atomic E-state index is 0.0383. The lowest BCUT2D eigenvalue weighted by Gasteiger charge is -2.44. The molecule has 0 saturated carbocycles. The van der Waals surface area contributed by atoms with E-state index in [1.807, 2.05) is 37.5 Å². The van der Waals surface area contributed by atoms with Gasteiger partial charge in [-0.25, -0.2) is 8.78 Å². The predicted molar refractivity (Wildman–Crippen MR) is 266 cm³/mol. The molecule has 2 N–H and O–H groups in total. The third-order valence-electron chi connectivity index (χ3n) is 13.5. The van der Waals surface area contributed by atoms with Crippen molar-refractivity contribution in [3.63, 3.8) is 0 Å². The Morgan fingerprint density at radius 2 is 0.857 bits per heavy atom. The van der Waals surface area contributed by atoms with Gasteiger partial charge in [0.1, 0.15) is 11.6 Å². The number of halogens is 2. The van der Waals surface area contributed by atoms with Crippen molar-refractivity contribution in [3.05, 3.63) is 141 Å². The standard InChI is InChI=1S/2C27H31FN4O3/c2*1-16-14-32(17(2)13-31(16)15-19-6-9-21(28)10-7-19)26(34)24-18(3)29-23-11-8-20(12-22(23)24)25(33)27(35)30(4)5/h2*6-12,16-17,29H,13-15H2,1-5H3/t2*16-,17+/m00/s1. The predicted octanol–water partition coefficient (Wildman–Crippen LogP) is 7.24. The van der Waals surface area contributed by atoms with Crippen molar-refractivity contribution in [2.45, 2.75) is 78.8 Å². The first kappa shape index (κ1) is 50.8. The number of H-pyrrole nitrogens is 2. The van der Waals surface area contributed by atoms with Crippen LogP contribution < -0.4 is 0 Å². The minimum Gasteiger partial charge on any atom is -0.358 e. The molecular formula is C54H62F2N8O6. The highest BCUT2D eigenvalue weighted by atomic mass is 19.1. The second-order valence-electron chi connectivity index (χ2n) is 19.3. The summed E-state index contributed by atoms with van der Waals surface area (Å²) in [6.45, 7) is 15.7. The molecule has 2 aliphatic heterocycles. The van der Waals surface area contributed by atoms with Gasteiger partial charge in [0.05, 0.1) is 11.1 Å². The Bertz CT molecular complexity index is 2760. The van der Waals surface area contributed by atoms with Gasteiger partial charge in [0, 0.05) is 136 Å². The van der Waals surface area contributed by atoms with Gasteiger partial charge in [-0.3, -0.25) is 38.6 Å². The molecule has 0 unspecified atom stereocenters. The van der Waals surface area contributed by atoms with Crippen molar-refractivity contribution >= 4 is 57.0 Å². The van der Waals surface area contributed by atoms with E-state index in [9.17, 15) is 37.5 Å². The van der Waals surface area contributed by atoms with E-state index < -0.39 is 23.4 Å². The molecule has 14 nitrogen and oxygen atoms in total. The van der Waals surface area contributed by atoms with E-state index in [2.05, 4.69) is 33.6 Å². The third kappa shape index (κ3) is 10.7. The smallest absolute Gasteiger partial charge is 0.294 e. The molecule has 0 bridgehead atoms. The number of carbonyl (C=O) groups is 6. The summed E-state index contributed by atoms with van der Waals surface area (Å²) in [5.41, 5.74) is 6.57. The maximum Gasteiger partial charge on any atom is 0.294 e. The van der Waals surface area contributed by atoms with Crippen LogP contribution in [0.5, 0.6) is 0 Å². The summed E-state index contributed by atoms with van der Waals surface area (Å²) < 4.78 is 26.5. The number of piperazine rings is 2. The SMILES string of the molecule is Cc1[nH]c2ccc(C(=O)C(=O)N(C)C)cc2c1C(=O)N1C[C@H](C)N(Cc2ccc(F)cc2)C[C@H]1C.Cc1[nH]c2ccc(C(=O)C(=O)N(C)C)cc2c1C(=O)N1C[C@H](C)N(Cc2ccc(F)cc2)C[C@H]1C. The lowest BCUT2D eigenvalue weighted by Crippen LogP contribution is -2.57. The van der Waals surface area contributed by atoms with Crippen LogP contribution in [0.3, 0.4) is 0 Å². The number of hydrogen-bond acceptors (Lipinski definition) is 8. The maximum atomic E-state index is 13.8. The molecule has 2 saturated heterocycles. The highest BCUT2D eigenvalue weighted by Gasteiger charge is 2.36. The average molecular weight is 957 g/mol. The topological polar surface area (TPSA) is 153 Å². The molecule has 2 aromatic heterocycles. The number of amides is 4. The second-order valence-corrected chi connectivity index (χ2v) is 19.3. The molecule has 368 valence electrons. The summed E-state index contributed by atoms with van der Waals surface area (Å²) in [5.74, 6) is -3.13. The zero-order chi connectivity index (χ0) is 50.9. The number of aromatic amines is 2. The van der Waals surface area contributed by atoms with Crippen molar-refractivity contribution in [1.82, 2.24) is 39.4 Å². The van der Waals surface area contributed by atoms with E-state index in [0.29, 0.717) is 61.2 Å². The molecule has 0 radical (unpaired) electrons. The summed E-state index contributed by atoms with van der Waals surface area (Å²) in [7, 11) is 6.14. The zero-order valence-electron chi connectivity index (χ0n) is 41.5. The molecule has 2 fully saturated rings. The fraction of sp³-hybridized carbons (Fsp3) is 0.370. The van der Waals surface area contributed by atoms with Crippen molar-refractivity contribution in [1.29, 1.82) is 0 Å². The monoisotopic (exact) mass is 956 g/mol. The number of aryl methyl sites for hydroxylation is 2. The number of nitrogens with one attached hydrogen (secondary N) is 2. The van der Waals surface area contributed by atoms with Crippen LogP contribution in [0.2, 0.25) is 0 Å². The normalized spacial score (nSPS) is 18.6. The van der Waals surface area contributed by atoms with Crippen molar-refractivity contribution in [2.24, 2.45) is 0 Å². The van der Waals surface area contributed by atoms with Crippen molar-refractivity contribution in [3.8, 4) is 0 Å². The number of benzene rings is 4. The number of likely N-dealkylation sites (N-methyl/N-ethyl adjacent to an activating group) is 2. The minimum atomic E-state index is -0.607. The largest absolute Gasteiger partial charge is 0.358 e. The Morgan fingerprint density at radius 1 is 0.514 bits per heavy atom. The number of carbonyl (C=O) groups excluding carboxylic acids is 6. The van der Waals surface area contributed by atoms with E-state index in [-0.39, 0.29) is 58.7 Å². The van der Waals surface area contributed by atoms with Crippen LogP contribution in [0.1, 0.15) is 91.6 Å². The van der Waals surface area contributed by atoms with Gasteiger partial charge in [-0.2, -0.15) is 0 Å². The van der Waals surface area contributed by atoms with Crippen LogP contribution in [0.15, 0.2) is 84.9 Å². The molecule has 4 atom stereocenters. The number of fused-ring (bicyclic) bond motifs is 2. The van der Waals surface area contributed by atoms with Gasteiger partial charge in [0.2, 0.25) is 11.6 Å². The lowest BCUT2D eigenvalue weighted by atomic mass is 10.0. The van der Waals surface area contributed by atoms with Gasteiger partial charge in [-0.05, 0) is 113 Å². The number of ketones is 2. The van der Waals surface area contributed by atoms with E-state index in [0.717, 1.165) is 33.5 Å². The molecule has 4 amide bonds. The summed E-state index contributed by atoms with van der Waals surface area (Å²) in [4.78, 5) is 94.4. The van der Waals surface area contributed by atoms with Gasteiger partial charge in [0.15, 0.2) is 0 Å². The summed E-state index contributed by atoms with van der Waals surface area (Å²) in [5, 5.41) is 1.28. The fourth-order valence-electron chi connectivity index (χ4n) is 9.48. The Hall–Kier alpha value is -7.04. The Kier molecular flexibility index (Phi) is 15.2.